The second kappa shape index (κ2) is 8.07. The molecule has 0 aromatic heterocycles. The maximum Gasteiger partial charge on any atom is 0.250 e. The molecule has 1 aromatic carbocycles. The lowest BCUT2D eigenvalue weighted by molar-refractivity contribution is -0.118. The van der Waals surface area contributed by atoms with Gasteiger partial charge in [-0.2, -0.15) is 0 Å². The SMILES string of the molecule is Cl.NC(=O)c1ccc(NC(=O)C2CC23CCNCC3)cc1N1CCCCC1. The van der Waals surface area contributed by atoms with E-state index in [9.17, 15) is 9.59 Å². The number of amides is 2. The van der Waals surface area contributed by atoms with E-state index < -0.39 is 5.91 Å². The molecule has 2 aliphatic heterocycles. The van der Waals surface area contributed by atoms with Crippen LogP contribution in [0.1, 0.15) is 48.9 Å². The van der Waals surface area contributed by atoms with Crippen molar-refractivity contribution in [3.8, 4) is 0 Å². The first-order valence-corrected chi connectivity index (χ1v) is 9.79. The van der Waals surface area contributed by atoms with Crippen molar-refractivity contribution in [3.05, 3.63) is 23.8 Å². The van der Waals surface area contributed by atoms with E-state index in [0.29, 0.717) is 5.56 Å². The summed E-state index contributed by atoms with van der Waals surface area (Å²) in [4.78, 5) is 26.8. The summed E-state index contributed by atoms with van der Waals surface area (Å²) >= 11 is 0. The van der Waals surface area contributed by atoms with Gasteiger partial charge in [0.1, 0.15) is 0 Å². The molecule has 27 heavy (non-hydrogen) atoms. The van der Waals surface area contributed by atoms with Crippen LogP contribution in [0.4, 0.5) is 11.4 Å². The topological polar surface area (TPSA) is 87.5 Å². The highest BCUT2D eigenvalue weighted by Gasteiger charge is 2.57. The van der Waals surface area contributed by atoms with E-state index in [1.165, 1.54) is 6.42 Å². The molecule has 2 heterocycles. The van der Waals surface area contributed by atoms with Crippen LogP contribution >= 0.6 is 12.4 Å². The molecule has 0 bridgehead atoms. The standard InChI is InChI=1S/C20H28N4O2.ClH/c21-18(25)15-5-4-14(12-17(15)24-10-2-1-3-11-24)23-19(26)16-13-20(16)6-8-22-9-7-20;/h4-5,12,16,22H,1-3,6-11,13H2,(H2,21,25)(H,23,26);1H. The van der Waals surface area contributed by atoms with E-state index in [1.807, 2.05) is 6.07 Å². The Kier molecular flexibility index (Phi) is 5.96. The molecule has 3 aliphatic rings. The molecule has 1 saturated carbocycles. The highest BCUT2D eigenvalue weighted by Crippen LogP contribution is 2.58. The Morgan fingerprint density at radius 1 is 1.15 bits per heavy atom. The first-order chi connectivity index (χ1) is 12.6. The van der Waals surface area contributed by atoms with E-state index in [4.69, 9.17) is 5.73 Å². The summed E-state index contributed by atoms with van der Waals surface area (Å²) in [6, 6.07) is 5.46. The third kappa shape index (κ3) is 4.06. The molecule has 1 spiro atoms. The number of primary amides is 1. The Bertz CT molecular complexity index is 712. The van der Waals surface area contributed by atoms with Gasteiger partial charge in [0.25, 0.3) is 5.91 Å². The number of piperidine rings is 2. The van der Waals surface area contributed by atoms with E-state index in [0.717, 1.165) is 69.7 Å². The highest BCUT2D eigenvalue weighted by atomic mass is 35.5. The number of carbonyl (C=O) groups excluding carboxylic acids is 2. The number of nitrogens with two attached hydrogens (primary N) is 1. The van der Waals surface area contributed by atoms with Gasteiger partial charge in [-0.15, -0.1) is 12.4 Å². The van der Waals surface area contributed by atoms with Crippen LogP contribution in [0.2, 0.25) is 0 Å². The van der Waals surface area contributed by atoms with E-state index in [2.05, 4.69) is 15.5 Å². The molecule has 7 heteroatoms. The lowest BCUT2D eigenvalue weighted by atomic mass is 9.92. The van der Waals surface area contributed by atoms with Crippen molar-refractivity contribution in [2.75, 3.05) is 36.4 Å². The second-order valence-electron chi connectivity index (χ2n) is 8.00. The van der Waals surface area contributed by atoms with E-state index in [-0.39, 0.29) is 29.6 Å². The summed E-state index contributed by atoms with van der Waals surface area (Å²) in [7, 11) is 0. The summed E-state index contributed by atoms with van der Waals surface area (Å²) < 4.78 is 0. The first kappa shape index (κ1) is 20.0. The van der Waals surface area contributed by atoms with Crippen LogP contribution in [0.25, 0.3) is 0 Å². The van der Waals surface area contributed by atoms with E-state index >= 15 is 0 Å². The van der Waals surface area contributed by atoms with Crippen molar-refractivity contribution in [1.29, 1.82) is 0 Å². The van der Waals surface area contributed by atoms with Crippen LogP contribution < -0.4 is 21.3 Å². The Hall–Kier alpha value is -1.79. The maximum atomic E-state index is 12.7. The maximum absolute atomic E-state index is 12.7. The average molecular weight is 393 g/mol. The zero-order valence-corrected chi connectivity index (χ0v) is 16.4. The Balaban J connectivity index is 0.00000210. The van der Waals surface area contributed by atoms with Crippen molar-refractivity contribution in [1.82, 2.24) is 5.32 Å². The fourth-order valence-electron chi connectivity index (χ4n) is 4.64. The number of nitrogens with one attached hydrogen (secondary N) is 2. The number of nitrogens with zero attached hydrogens (tertiary/aromatic N) is 1. The fraction of sp³-hybridized carbons (Fsp3) is 0.600. The normalized spacial score (nSPS) is 23.4. The minimum absolute atomic E-state index is 0. The number of hydrogen-bond acceptors (Lipinski definition) is 4. The highest BCUT2D eigenvalue weighted by molar-refractivity contribution is 6.01. The number of hydrogen-bond donors (Lipinski definition) is 3. The Morgan fingerprint density at radius 2 is 1.85 bits per heavy atom. The Morgan fingerprint density at radius 3 is 2.52 bits per heavy atom. The van der Waals surface area contributed by atoms with E-state index in [1.54, 1.807) is 12.1 Å². The summed E-state index contributed by atoms with van der Waals surface area (Å²) in [5.41, 5.74) is 7.93. The number of carbonyl (C=O) groups is 2. The minimum Gasteiger partial charge on any atom is -0.371 e. The number of benzene rings is 1. The zero-order valence-electron chi connectivity index (χ0n) is 15.6. The molecule has 1 unspecified atom stereocenters. The smallest absolute Gasteiger partial charge is 0.250 e. The lowest BCUT2D eigenvalue weighted by Crippen LogP contribution is -2.32. The molecule has 1 atom stereocenters. The van der Waals surface area contributed by atoms with Crippen molar-refractivity contribution in [3.63, 3.8) is 0 Å². The van der Waals surface area contributed by atoms with Gasteiger partial charge in [-0.3, -0.25) is 9.59 Å². The Labute approximate surface area is 166 Å². The molecule has 2 amide bonds. The van der Waals surface area contributed by atoms with Gasteiger partial charge < -0.3 is 21.3 Å². The number of anilines is 2. The summed E-state index contributed by atoms with van der Waals surface area (Å²) in [5.74, 6) is -0.179. The molecule has 1 aromatic rings. The number of halogens is 1. The van der Waals surface area contributed by atoms with Crippen LogP contribution in [0, 0.1) is 11.3 Å². The van der Waals surface area contributed by atoms with Gasteiger partial charge in [0, 0.05) is 24.7 Å². The van der Waals surface area contributed by atoms with Crippen LogP contribution in [-0.2, 0) is 4.79 Å². The van der Waals surface area contributed by atoms with Gasteiger partial charge in [0.05, 0.1) is 11.3 Å². The van der Waals surface area contributed by atoms with Crippen molar-refractivity contribution in [2.45, 2.75) is 38.5 Å². The van der Waals surface area contributed by atoms with Crippen molar-refractivity contribution < 1.29 is 9.59 Å². The van der Waals surface area contributed by atoms with Gasteiger partial charge in [-0.25, -0.2) is 0 Å². The minimum atomic E-state index is -0.417. The molecule has 3 fully saturated rings. The molecule has 6 nitrogen and oxygen atoms in total. The largest absolute Gasteiger partial charge is 0.371 e. The first-order valence-electron chi connectivity index (χ1n) is 9.79. The predicted molar refractivity (Wildman–Crippen MR) is 110 cm³/mol. The molecular weight excluding hydrogens is 364 g/mol. The molecule has 0 radical (unpaired) electrons. The van der Waals surface area contributed by atoms with Crippen molar-refractivity contribution >= 4 is 35.6 Å². The summed E-state index contributed by atoms with van der Waals surface area (Å²) in [6.07, 6.45) is 6.63. The van der Waals surface area contributed by atoms with Crippen LogP contribution in [-0.4, -0.2) is 38.0 Å². The van der Waals surface area contributed by atoms with Crippen LogP contribution in [0.15, 0.2) is 18.2 Å². The second-order valence-corrected chi connectivity index (χ2v) is 8.00. The molecule has 4 rings (SSSR count). The summed E-state index contributed by atoms with van der Waals surface area (Å²) in [6.45, 7) is 3.87. The van der Waals surface area contributed by atoms with Gasteiger partial charge in [-0.1, -0.05) is 0 Å². The van der Waals surface area contributed by atoms with Gasteiger partial charge in [-0.05, 0) is 75.2 Å². The molecular formula is C20H29ClN4O2. The van der Waals surface area contributed by atoms with Gasteiger partial charge in [0.2, 0.25) is 5.91 Å². The molecule has 4 N–H and O–H groups in total. The van der Waals surface area contributed by atoms with Crippen molar-refractivity contribution in [2.24, 2.45) is 17.1 Å². The quantitative estimate of drug-likeness (QED) is 0.734. The van der Waals surface area contributed by atoms with Crippen LogP contribution in [0.5, 0.6) is 0 Å². The number of rotatable bonds is 4. The molecule has 148 valence electrons. The van der Waals surface area contributed by atoms with Crippen LogP contribution in [0.3, 0.4) is 0 Å². The fourth-order valence-corrected chi connectivity index (χ4v) is 4.64. The summed E-state index contributed by atoms with van der Waals surface area (Å²) in [5, 5.41) is 6.45. The third-order valence-electron chi connectivity index (χ3n) is 6.33. The average Bonchev–Trinajstić information content (AvgIpc) is 3.36. The lowest BCUT2D eigenvalue weighted by Gasteiger charge is -2.30. The molecule has 1 aliphatic carbocycles. The van der Waals surface area contributed by atoms with Gasteiger partial charge in [0.15, 0.2) is 0 Å². The zero-order chi connectivity index (χ0) is 18.1. The molecule has 2 saturated heterocycles. The van der Waals surface area contributed by atoms with Gasteiger partial charge >= 0.3 is 0 Å². The monoisotopic (exact) mass is 392 g/mol. The third-order valence-corrected chi connectivity index (χ3v) is 6.33. The predicted octanol–water partition coefficient (Wildman–Crippen LogP) is 2.53.